The summed E-state index contributed by atoms with van der Waals surface area (Å²) in [6, 6.07) is 0. The first-order valence-electron chi connectivity index (χ1n) is 8.10. The molecule has 1 aliphatic rings. The molecule has 0 bridgehead atoms. The van der Waals surface area contributed by atoms with Crippen molar-refractivity contribution in [3.8, 4) is 0 Å². The summed E-state index contributed by atoms with van der Waals surface area (Å²) in [7, 11) is 4.45. The molecule has 2 nitrogen and oxygen atoms in total. The second kappa shape index (κ2) is 9.19. The molecule has 2 heteroatoms. The van der Waals surface area contributed by atoms with Gasteiger partial charge >= 0.3 is 0 Å². The van der Waals surface area contributed by atoms with E-state index in [2.05, 4.69) is 44.7 Å². The van der Waals surface area contributed by atoms with Crippen molar-refractivity contribution in [1.29, 1.82) is 0 Å². The first-order valence-corrected chi connectivity index (χ1v) is 8.10. The fraction of sp³-hybridized carbons (Fsp3) is 0.765. The van der Waals surface area contributed by atoms with Gasteiger partial charge in [0.1, 0.15) is 6.54 Å². The maximum Gasteiger partial charge on any atom is 0.103 e. The Hall–Kier alpha value is -0.760. The molecule has 0 aromatic rings. The van der Waals surface area contributed by atoms with E-state index in [1.165, 1.54) is 57.1 Å². The molecule has 0 amide bonds. The molecule has 0 spiro atoms. The van der Waals surface area contributed by atoms with E-state index >= 15 is 0 Å². The summed E-state index contributed by atoms with van der Waals surface area (Å²) in [5.74, 6) is 0. The van der Waals surface area contributed by atoms with Crippen molar-refractivity contribution >= 4 is 0 Å². The SMILES string of the molecule is CCCCCCCCCCNC1=CC[N+](C)(C)C=C1. The number of nitrogens with one attached hydrogen (secondary N) is 1. The second-order valence-corrected chi connectivity index (χ2v) is 6.34. The maximum atomic E-state index is 3.53. The van der Waals surface area contributed by atoms with Crippen molar-refractivity contribution in [2.45, 2.75) is 58.3 Å². The van der Waals surface area contributed by atoms with Gasteiger partial charge < -0.3 is 5.32 Å². The standard InChI is InChI=1S/C17H33N2/c1-4-5-6-7-8-9-10-11-14-18-17-12-15-19(2,3)16-13-17/h12-13,15,18H,4-11,14,16H2,1-3H3/q+1. The number of hydrogen-bond donors (Lipinski definition) is 1. The molecule has 0 aromatic heterocycles. The molecule has 19 heavy (non-hydrogen) atoms. The fourth-order valence-corrected chi connectivity index (χ4v) is 2.37. The summed E-state index contributed by atoms with van der Waals surface area (Å²) in [5.41, 5.74) is 1.31. The Labute approximate surface area is 120 Å². The lowest BCUT2D eigenvalue weighted by Gasteiger charge is -2.26. The van der Waals surface area contributed by atoms with Crippen LogP contribution in [0.3, 0.4) is 0 Å². The summed E-state index contributed by atoms with van der Waals surface area (Å²) in [6.45, 7) is 4.49. The molecule has 0 atom stereocenters. The van der Waals surface area contributed by atoms with E-state index in [1.54, 1.807) is 0 Å². The number of likely N-dealkylation sites (N-methyl/N-ethyl adjacent to an activating group) is 1. The van der Waals surface area contributed by atoms with Crippen molar-refractivity contribution in [3.05, 3.63) is 24.0 Å². The zero-order valence-corrected chi connectivity index (χ0v) is 13.3. The molecular formula is C17H33N2+. The Morgan fingerprint density at radius 1 is 1.00 bits per heavy atom. The Morgan fingerprint density at radius 3 is 2.21 bits per heavy atom. The Kier molecular flexibility index (Phi) is 7.88. The first kappa shape index (κ1) is 16.3. The highest BCUT2D eigenvalue weighted by molar-refractivity contribution is 5.17. The Morgan fingerprint density at radius 2 is 1.63 bits per heavy atom. The molecule has 0 radical (unpaired) electrons. The largest absolute Gasteiger partial charge is 0.385 e. The number of quaternary nitrogens is 1. The van der Waals surface area contributed by atoms with Crippen LogP contribution in [0.15, 0.2) is 24.0 Å². The van der Waals surface area contributed by atoms with Gasteiger partial charge in [-0.3, -0.25) is 4.48 Å². The maximum absolute atomic E-state index is 3.53. The smallest absolute Gasteiger partial charge is 0.103 e. The van der Waals surface area contributed by atoms with Crippen LogP contribution >= 0.6 is 0 Å². The lowest BCUT2D eigenvalue weighted by molar-refractivity contribution is -0.833. The van der Waals surface area contributed by atoms with Crippen LogP contribution in [0, 0.1) is 0 Å². The van der Waals surface area contributed by atoms with Gasteiger partial charge in [0, 0.05) is 18.3 Å². The number of rotatable bonds is 10. The van der Waals surface area contributed by atoms with E-state index in [-0.39, 0.29) is 0 Å². The van der Waals surface area contributed by atoms with Crippen LogP contribution in [-0.2, 0) is 0 Å². The van der Waals surface area contributed by atoms with E-state index in [0.29, 0.717) is 0 Å². The third kappa shape index (κ3) is 8.10. The van der Waals surface area contributed by atoms with Gasteiger partial charge in [0.25, 0.3) is 0 Å². The third-order valence-electron chi connectivity index (χ3n) is 3.80. The highest BCUT2D eigenvalue weighted by Gasteiger charge is 2.13. The lowest BCUT2D eigenvalue weighted by atomic mass is 10.1. The molecule has 1 heterocycles. The zero-order valence-electron chi connectivity index (χ0n) is 13.3. The quantitative estimate of drug-likeness (QED) is 0.461. The van der Waals surface area contributed by atoms with Gasteiger partial charge in [0.15, 0.2) is 0 Å². The van der Waals surface area contributed by atoms with Crippen LogP contribution in [0.1, 0.15) is 58.3 Å². The van der Waals surface area contributed by atoms with Gasteiger partial charge in [0.2, 0.25) is 0 Å². The highest BCUT2D eigenvalue weighted by Crippen LogP contribution is 2.10. The fourth-order valence-electron chi connectivity index (χ4n) is 2.37. The molecule has 0 saturated heterocycles. The minimum absolute atomic E-state index is 0.961. The predicted octanol–water partition coefficient (Wildman–Crippen LogP) is 4.20. The summed E-state index contributed by atoms with van der Waals surface area (Å²) in [4.78, 5) is 0. The van der Waals surface area contributed by atoms with Crippen molar-refractivity contribution in [3.63, 3.8) is 0 Å². The summed E-state index contributed by atoms with van der Waals surface area (Å²) < 4.78 is 0.961. The number of unbranched alkanes of at least 4 members (excludes halogenated alkanes) is 7. The first-order chi connectivity index (χ1) is 9.14. The monoisotopic (exact) mass is 265 g/mol. The van der Waals surface area contributed by atoms with Gasteiger partial charge in [-0.15, -0.1) is 0 Å². The van der Waals surface area contributed by atoms with Crippen LogP contribution < -0.4 is 5.32 Å². The van der Waals surface area contributed by atoms with Crippen molar-refractivity contribution in [1.82, 2.24) is 5.32 Å². The van der Waals surface area contributed by atoms with Crippen LogP contribution in [0.4, 0.5) is 0 Å². The molecule has 110 valence electrons. The molecule has 1 N–H and O–H groups in total. The van der Waals surface area contributed by atoms with E-state index in [0.717, 1.165) is 17.6 Å². The highest BCUT2D eigenvalue weighted by atomic mass is 15.3. The Balaban J connectivity index is 1.92. The second-order valence-electron chi connectivity index (χ2n) is 6.34. The average molecular weight is 265 g/mol. The van der Waals surface area contributed by atoms with Crippen LogP contribution in [0.25, 0.3) is 0 Å². The van der Waals surface area contributed by atoms with E-state index in [1.807, 2.05) is 0 Å². The predicted molar refractivity (Wildman–Crippen MR) is 84.8 cm³/mol. The topological polar surface area (TPSA) is 12.0 Å². The van der Waals surface area contributed by atoms with Gasteiger partial charge in [-0.05, 0) is 12.5 Å². The molecular weight excluding hydrogens is 232 g/mol. The Bertz CT molecular complexity index is 290. The van der Waals surface area contributed by atoms with Crippen LogP contribution in [0.5, 0.6) is 0 Å². The van der Waals surface area contributed by atoms with Crippen molar-refractivity contribution in [2.24, 2.45) is 0 Å². The molecule has 0 saturated carbocycles. The van der Waals surface area contributed by atoms with Gasteiger partial charge in [-0.1, -0.05) is 51.9 Å². The normalized spacial score (nSPS) is 17.3. The number of nitrogens with zero attached hydrogens (tertiary/aromatic N) is 1. The van der Waals surface area contributed by atoms with E-state index in [9.17, 15) is 0 Å². The van der Waals surface area contributed by atoms with Gasteiger partial charge in [-0.25, -0.2) is 0 Å². The van der Waals surface area contributed by atoms with Gasteiger partial charge in [-0.2, -0.15) is 0 Å². The van der Waals surface area contributed by atoms with Crippen molar-refractivity contribution < 1.29 is 4.48 Å². The average Bonchev–Trinajstić information content (AvgIpc) is 2.38. The van der Waals surface area contributed by atoms with Crippen LogP contribution in [0.2, 0.25) is 0 Å². The molecule has 1 aliphatic heterocycles. The molecule has 0 fully saturated rings. The molecule has 0 aliphatic carbocycles. The van der Waals surface area contributed by atoms with Crippen molar-refractivity contribution in [2.75, 3.05) is 27.2 Å². The summed E-state index contributed by atoms with van der Waals surface area (Å²) in [6.07, 6.45) is 17.9. The molecule has 0 aromatic carbocycles. The molecule has 0 unspecified atom stereocenters. The zero-order chi connectivity index (χ0) is 14.0. The van der Waals surface area contributed by atoms with Crippen LogP contribution in [-0.4, -0.2) is 31.7 Å². The minimum Gasteiger partial charge on any atom is -0.385 e. The summed E-state index contributed by atoms with van der Waals surface area (Å²) in [5, 5.41) is 3.53. The summed E-state index contributed by atoms with van der Waals surface area (Å²) >= 11 is 0. The minimum atomic E-state index is 0.961. The lowest BCUT2D eigenvalue weighted by Crippen LogP contribution is -2.36. The third-order valence-corrected chi connectivity index (χ3v) is 3.80. The number of hydrogen-bond acceptors (Lipinski definition) is 1. The van der Waals surface area contributed by atoms with E-state index < -0.39 is 0 Å². The molecule has 1 rings (SSSR count). The van der Waals surface area contributed by atoms with Gasteiger partial charge in [0.05, 0.1) is 20.3 Å². The number of allylic oxidation sites excluding steroid dienone is 1. The van der Waals surface area contributed by atoms with E-state index in [4.69, 9.17) is 0 Å².